The molecule has 0 atom stereocenters. The van der Waals surface area contributed by atoms with Crippen LogP contribution in [0.3, 0.4) is 0 Å². The van der Waals surface area contributed by atoms with E-state index in [2.05, 4.69) is 33.0 Å². The fourth-order valence-corrected chi connectivity index (χ4v) is 3.35. The lowest BCUT2D eigenvalue weighted by Gasteiger charge is -2.45. The molecule has 16 heavy (non-hydrogen) atoms. The van der Waals surface area contributed by atoms with E-state index in [4.69, 9.17) is 0 Å². The molecule has 0 unspecified atom stereocenters. The molecule has 0 spiro atoms. The van der Waals surface area contributed by atoms with Gasteiger partial charge in [-0.2, -0.15) is 0 Å². The smallest absolute Gasteiger partial charge is 0.243 e. The van der Waals surface area contributed by atoms with E-state index >= 15 is 0 Å². The van der Waals surface area contributed by atoms with Crippen molar-refractivity contribution in [1.29, 1.82) is 0 Å². The van der Waals surface area contributed by atoms with Gasteiger partial charge >= 0.3 is 0 Å². The molecule has 2 nitrogen and oxygen atoms in total. The zero-order chi connectivity index (χ0) is 12.4. The molecule has 0 aromatic carbocycles. The van der Waals surface area contributed by atoms with Gasteiger partial charge in [-0.3, -0.25) is 4.79 Å². The van der Waals surface area contributed by atoms with Crippen molar-refractivity contribution in [2.45, 2.75) is 59.9 Å². The van der Waals surface area contributed by atoms with Gasteiger partial charge < -0.3 is 5.32 Å². The molecule has 0 aliphatic heterocycles. The zero-order valence-electron chi connectivity index (χ0n) is 11.3. The standard InChI is InChI=1S/C14H25NO/c1-6-7-12(16)15-11-8-13(2,3)10-14(4,5)9-11/h6-7,11H,8-10H2,1-5H3,(H,15,16)/b7-6+. The molecule has 0 heterocycles. The molecule has 0 bridgehead atoms. The Labute approximate surface area is 99.5 Å². The number of nitrogens with one attached hydrogen (secondary N) is 1. The molecule has 0 saturated heterocycles. The Morgan fingerprint density at radius 3 is 2.12 bits per heavy atom. The summed E-state index contributed by atoms with van der Waals surface area (Å²) >= 11 is 0. The van der Waals surface area contributed by atoms with Gasteiger partial charge in [-0.1, -0.05) is 33.8 Å². The summed E-state index contributed by atoms with van der Waals surface area (Å²) < 4.78 is 0. The van der Waals surface area contributed by atoms with Gasteiger partial charge in [-0.25, -0.2) is 0 Å². The molecule has 0 aromatic heterocycles. The number of allylic oxidation sites excluding steroid dienone is 1. The van der Waals surface area contributed by atoms with Gasteiger partial charge in [0.15, 0.2) is 0 Å². The third kappa shape index (κ3) is 3.99. The Morgan fingerprint density at radius 2 is 1.69 bits per heavy atom. The first-order valence-electron chi connectivity index (χ1n) is 6.17. The highest BCUT2D eigenvalue weighted by Crippen LogP contribution is 2.45. The minimum atomic E-state index is 0.0426. The predicted molar refractivity (Wildman–Crippen MR) is 68.2 cm³/mol. The Morgan fingerprint density at radius 1 is 1.19 bits per heavy atom. The van der Waals surface area contributed by atoms with E-state index in [0.717, 1.165) is 12.8 Å². The molecule has 1 fully saturated rings. The summed E-state index contributed by atoms with van der Waals surface area (Å²) in [5, 5.41) is 3.11. The van der Waals surface area contributed by atoms with Gasteiger partial charge in [0, 0.05) is 6.04 Å². The summed E-state index contributed by atoms with van der Waals surface area (Å²) in [6.07, 6.45) is 6.79. The van der Waals surface area contributed by atoms with E-state index in [1.807, 2.05) is 6.92 Å². The lowest BCUT2D eigenvalue weighted by molar-refractivity contribution is -0.118. The van der Waals surface area contributed by atoms with Crippen LogP contribution in [0.15, 0.2) is 12.2 Å². The van der Waals surface area contributed by atoms with Gasteiger partial charge in [0.2, 0.25) is 5.91 Å². The average molecular weight is 223 g/mol. The topological polar surface area (TPSA) is 29.1 Å². The van der Waals surface area contributed by atoms with Crippen LogP contribution in [0.5, 0.6) is 0 Å². The first-order chi connectivity index (χ1) is 7.24. The highest BCUT2D eigenvalue weighted by Gasteiger charge is 2.38. The molecule has 1 amide bonds. The molecular weight excluding hydrogens is 198 g/mol. The number of amides is 1. The van der Waals surface area contributed by atoms with Crippen LogP contribution >= 0.6 is 0 Å². The Hall–Kier alpha value is -0.790. The number of carbonyl (C=O) groups is 1. The summed E-state index contributed by atoms with van der Waals surface area (Å²) in [5.74, 6) is 0.0426. The van der Waals surface area contributed by atoms with Crippen molar-refractivity contribution in [2.75, 3.05) is 0 Å². The van der Waals surface area contributed by atoms with Gasteiger partial charge in [-0.05, 0) is 43.1 Å². The van der Waals surface area contributed by atoms with Crippen LogP contribution in [-0.4, -0.2) is 11.9 Å². The lowest BCUT2D eigenvalue weighted by atomic mass is 9.63. The number of hydrogen-bond acceptors (Lipinski definition) is 1. The molecule has 2 heteroatoms. The summed E-state index contributed by atoms with van der Waals surface area (Å²) in [6, 6.07) is 0.322. The molecule has 1 rings (SSSR count). The minimum absolute atomic E-state index is 0.0426. The maximum atomic E-state index is 11.5. The summed E-state index contributed by atoms with van der Waals surface area (Å²) in [6.45, 7) is 11.0. The van der Waals surface area contributed by atoms with Crippen molar-refractivity contribution in [3.63, 3.8) is 0 Å². The van der Waals surface area contributed by atoms with Gasteiger partial charge in [0.25, 0.3) is 0 Å². The lowest BCUT2D eigenvalue weighted by Crippen LogP contribution is -2.45. The zero-order valence-corrected chi connectivity index (χ0v) is 11.3. The fourth-order valence-electron chi connectivity index (χ4n) is 3.35. The summed E-state index contributed by atoms with van der Waals surface area (Å²) in [5.41, 5.74) is 0.658. The first-order valence-corrected chi connectivity index (χ1v) is 6.17. The minimum Gasteiger partial charge on any atom is -0.350 e. The Bertz CT molecular complexity index is 273. The first kappa shape index (κ1) is 13.3. The molecule has 1 N–H and O–H groups in total. The molecule has 1 aliphatic carbocycles. The molecular formula is C14H25NO. The number of rotatable bonds is 2. The summed E-state index contributed by atoms with van der Waals surface area (Å²) in [7, 11) is 0. The molecule has 1 aliphatic rings. The fraction of sp³-hybridized carbons (Fsp3) is 0.786. The van der Waals surface area contributed by atoms with E-state index < -0.39 is 0 Å². The van der Waals surface area contributed by atoms with Crippen LogP contribution < -0.4 is 5.32 Å². The van der Waals surface area contributed by atoms with Crippen molar-refractivity contribution >= 4 is 5.91 Å². The highest BCUT2D eigenvalue weighted by molar-refractivity contribution is 5.87. The van der Waals surface area contributed by atoms with Gasteiger partial charge in [0.05, 0.1) is 0 Å². The van der Waals surface area contributed by atoms with Crippen LogP contribution in [0.25, 0.3) is 0 Å². The maximum absolute atomic E-state index is 11.5. The van der Waals surface area contributed by atoms with Crippen LogP contribution in [0.4, 0.5) is 0 Å². The Balaban J connectivity index is 2.64. The third-order valence-electron chi connectivity index (χ3n) is 3.22. The largest absolute Gasteiger partial charge is 0.350 e. The van der Waals surface area contributed by atoms with E-state index in [1.165, 1.54) is 6.42 Å². The van der Waals surface area contributed by atoms with Crippen LogP contribution in [-0.2, 0) is 4.79 Å². The van der Waals surface area contributed by atoms with Gasteiger partial charge in [0.1, 0.15) is 0 Å². The second-order valence-corrected chi connectivity index (χ2v) is 6.62. The average Bonchev–Trinajstić information content (AvgIpc) is 1.96. The van der Waals surface area contributed by atoms with Crippen molar-refractivity contribution < 1.29 is 4.79 Å². The second kappa shape index (κ2) is 4.60. The van der Waals surface area contributed by atoms with Crippen LogP contribution in [0.2, 0.25) is 0 Å². The molecule has 92 valence electrons. The maximum Gasteiger partial charge on any atom is 0.243 e. The van der Waals surface area contributed by atoms with E-state index in [1.54, 1.807) is 12.2 Å². The van der Waals surface area contributed by atoms with Crippen molar-refractivity contribution in [3.05, 3.63) is 12.2 Å². The van der Waals surface area contributed by atoms with Crippen LogP contribution in [0.1, 0.15) is 53.9 Å². The van der Waals surface area contributed by atoms with E-state index in [9.17, 15) is 4.79 Å². The van der Waals surface area contributed by atoms with Crippen LogP contribution in [0, 0.1) is 10.8 Å². The quantitative estimate of drug-likeness (QED) is 0.715. The predicted octanol–water partition coefficient (Wildman–Crippen LogP) is 3.28. The van der Waals surface area contributed by atoms with E-state index in [-0.39, 0.29) is 5.91 Å². The Kier molecular flexibility index (Phi) is 3.82. The van der Waals surface area contributed by atoms with Crippen molar-refractivity contribution in [2.24, 2.45) is 10.8 Å². The number of hydrogen-bond donors (Lipinski definition) is 1. The number of carbonyl (C=O) groups excluding carboxylic acids is 1. The molecule has 1 saturated carbocycles. The molecule has 0 radical (unpaired) electrons. The highest BCUT2D eigenvalue weighted by atomic mass is 16.1. The van der Waals surface area contributed by atoms with E-state index in [0.29, 0.717) is 16.9 Å². The second-order valence-electron chi connectivity index (χ2n) is 6.62. The van der Waals surface area contributed by atoms with Gasteiger partial charge in [-0.15, -0.1) is 0 Å². The normalized spacial score (nSPS) is 24.6. The monoisotopic (exact) mass is 223 g/mol. The third-order valence-corrected chi connectivity index (χ3v) is 3.22. The molecule has 0 aromatic rings. The van der Waals surface area contributed by atoms with Crippen molar-refractivity contribution in [3.8, 4) is 0 Å². The van der Waals surface area contributed by atoms with Crippen molar-refractivity contribution in [1.82, 2.24) is 5.32 Å². The SMILES string of the molecule is C/C=C/C(=O)NC1CC(C)(C)CC(C)(C)C1. The summed E-state index contributed by atoms with van der Waals surface area (Å²) in [4.78, 5) is 11.5.